The number of carbonyl (C=O) groups is 2. The van der Waals surface area contributed by atoms with Gasteiger partial charge in [0.05, 0.1) is 35.3 Å². The minimum atomic E-state index is -0.336. The van der Waals surface area contributed by atoms with Crippen LogP contribution in [0, 0.1) is 0 Å². The van der Waals surface area contributed by atoms with Crippen LogP contribution in [-0.4, -0.2) is 84.6 Å². The van der Waals surface area contributed by atoms with Crippen molar-refractivity contribution < 1.29 is 14.3 Å². The summed E-state index contributed by atoms with van der Waals surface area (Å²) in [5.41, 5.74) is 3.62. The molecule has 4 rings (SSSR count). The normalized spacial score (nSPS) is 10.8. The van der Waals surface area contributed by atoms with E-state index >= 15 is 0 Å². The summed E-state index contributed by atoms with van der Waals surface area (Å²) in [4.78, 5) is 42.3. The number of fused-ring (bicyclic) bond motifs is 1. The van der Waals surface area contributed by atoms with E-state index in [1.165, 1.54) is 6.08 Å². The molecular weight excluding hydrogens is 510 g/mol. The number of hydrogen-bond acceptors (Lipinski definition) is 9. The van der Waals surface area contributed by atoms with E-state index in [9.17, 15) is 9.59 Å². The van der Waals surface area contributed by atoms with Crippen LogP contribution in [0.4, 0.5) is 23.0 Å². The fourth-order valence-electron chi connectivity index (χ4n) is 4.12. The summed E-state index contributed by atoms with van der Waals surface area (Å²) >= 11 is 0. The van der Waals surface area contributed by atoms with Gasteiger partial charge >= 0.3 is 0 Å². The molecule has 0 aliphatic carbocycles. The SMILES string of the molecule is C=CC(=O)Nc1cc(Nc2nccc(-n3cc(C(=O)NC)c4ncccc43)n2)c(OC)cc1N(C)CCN(C)C. The smallest absolute Gasteiger partial charge is 0.254 e. The Morgan fingerprint density at radius 2 is 1.90 bits per heavy atom. The number of anilines is 4. The molecule has 1 aromatic carbocycles. The fraction of sp³-hybridized carbons (Fsp3) is 0.250. The number of pyridine rings is 1. The summed E-state index contributed by atoms with van der Waals surface area (Å²) in [6, 6.07) is 9.03. The zero-order valence-electron chi connectivity index (χ0n) is 23.2. The van der Waals surface area contributed by atoms with Crippen LogP contribution >= 0.6 is 0 Å². The van der Waals surface area contributed by atoms with Crippen LogP contribution < -0.4 is 25.6 Å². The molecule has 0 saturated carbocycles. The highest BCUT2D eigenvalue weighted by atomic mass is 16.5. The Bertz CT molecular complexity index is 1550. The number of methoxy groups -OCH3 is 1. The first kappa shape index (κ1) is 28.0. The number of carbonyl (C=O) groups excluding carboxylic acids is 2. The first-order valence-corrected chi connectivity index (χ1v) is 12.6. The van der Waals surface area contributed by atoms with E-state index < -0.39 is 0 Å². The van der Waals surface area contributed by atoms with E-state index in [4.69, 9.17) is 4.74 Å². The molecule has 4 aromatic rings. The van der Waals surface area contributed by atoms with Crippen LogP contribution in [0.5, 0.6) is 5.75 Å². The molecule has 0 spiro atoms. The van der Waals surface area contributed by atoms with Gasteiger partial charge in [-0.3, -0.25) is 19.1 Å². The van der Waals surface area contributed by atoms with E-state index in [2.05, 4.69) is 42.4 Å². The van der Waals surface area contributed by atoms with E-state index in [0.29, 0.717) is 34.0 Å². The number of rotatable bonds is 11. The predicted molar refractivity (Wildman–Crippen MR) is 157 cm³/mol. The molecular formula is C28H33N9O3. The average Bonchev–Trinajstić information content (AvgIpc) is 3.35. The van der Waals surface area contributed by atoms with Crippen LogP contribution in [0.1, 0.15) is 10.4 Å². The third-order valence-electron chi connectivity index (χ3n) is 6.22. The highest BCUT2D eigenvalue weighted by molar-refractivity contribution is 6.05. The molecule has 0 bridgehead atoms. The Morgan fingerprint density at radius 3 is 2.60 bits per heavy atom. The van der Waals surface area contributed by atoms with Gasteiger partial charge in [-0.1, -0.05) is 6.58 Å². The average molecular weight is 544 g/mol. The van der Waals surface area contributed by atoms with E-state index in [1.54, 1.807) is 55.5 Å². The number of ether oxygens (including phenoxy) is 1. The maximum Gasteiger partial charge on any atom is 0.254 e. The molecule has 0 fully saturated rings. The number of nitrogens with one attached hydrogen (secondary N) is 3. The van der Waals surface area contributed by atoms with Gasteiger partial charge in [0, 0.05) is 51.8 Å². The third-order valence-corrected chi connectivity index (χ3v) is 6.22. The Morgan fingerprint density at radius 1 is 1.10 bits per heavy atom. The standard InChI is InChI=1S/C28H33N9O3/c1-7-25(38)32-19-15-20(23(40-6)16-22(19)36(5)14-13-35(3)4)33-28-31-12-10-24(34-28)37-17-18(27(39)29-2)26-21(37)9-8-11-30-26/h7-12,15-17H,1,13-14H2,2-6H3,(H,29,39)(H,32,38)(H,31,33,34). The van der Waals surface area contributed by atoms with Crippen molar-refractivity contribution in [3.63, 3.8) is 0 Å². The molecule has 208 valence electrons. The lowest BCUT2D eigenvalue weighted by atomic mass is 10.2. The maximum absolute atomic E-state index is 12.5. The molecule has 12 heteroatoms. The van der Waals surface area contributed by atoms with Crippen molar-refractivity contribution in [2.75, 3.05) is 63.9 Å². The van der Waals surface area contributed by atoms with Crippen molar-refractivity contribution >= 4 is 45.9 Å². The van der Waals surface area contributed by atoms with Crippen molar-refractivity contribution in [2.45, 2.75) is 0 Å². The van der Waals surface area contributed by atoms with Crippen LogP contribution in [0.3, 0.4) is 0 Å². The zero-order chi connectivity index (χ0) is 28.8. The van der Waals surface area contributed by atoms with Crippen LogP contribution in [0.25, 0.3) is 16.9 Å². The molecule has 3 aromatic heterocycles. The topological polar surface area (TPSA) is 130 Å². The molecule has 3 N–H and O–H groups in total. The molecule has 0 atom stereocenters. The lowest BCUT2D eigenvalue weighted by Gasteiger charge is -2.26. The van der Waals surface area contributed by atoms with Gasteiger partial charge in [-0.15, -0.1) is 0 Å². The van der Waals surface area contributed by atoms with Crippen molar-refractivity contribution in [1.29, 1.82) is 0 Å². The Balaban J connectivity index is 1.73. The highest BCUT2D eigenvalue weighted by Gasteiger charge is 2.19. The van der Waals surface area contributed by atoms with Gasteiger partial charge in [-0.25, -0.2) is 4.98 Å². The van der Waals surface area contributed by atoms with Crippen LogP contribution in [0.2, 0.25) is 0 Å². The lowest BCUT2D eigenvalue weighted by molar-refractivity contribution is -0.111. The first-order chi connectivity index (χ1) is 19.2. The number of hydrogen-bond donors (Lipinski definition) is 3. The minimum absolute atomic E-state index is 0.246. The summed E-state index contributed by atoms with van der Waals surface area (Å²) in [5, 5.41) is 8.75. The number of benzene rings is 1. The Kier molecular flexibility index (Phi) is 8.60. The zero-order valence-corrected chi connectivity index (χ0v) is 23.2. The Hall–Kier alpha value is -4.97. The maximum atomic E-state index is 12.5. The molecule has 40 heavy (non-hydrogen) atoms. The molecule has 0 aliphatic heterocycles. The highest BCUT2D eigenvalue weighted by Crippen LogP contribution is 2.38. The van der Waals surface area contributed by atoms with Gasteiger partial charge in [-0.05, 0) is 44.4 Å². The van der Waals surface area contributed by atoms with Gasteiger partial charge < -0.3 is 30.5 Å². The monoisotopic (exact) mass is 543 g/mol. The van der Waals surface area contributed by atoms with Gasteiger partial charge in [0.2, 0.25) is 11.9 Å². The van der Waals surface area contributed by atoms with E-state index in [-0.39, 0.29) is 17.8 Å². The molecule has 3 heterocycles. The fourth-order valence-corrected chi connectivity index (χ4v) is 4.12. The van der Waals surface area contributed by atoms with E-state index in [0.717, 1.165) is 24.3 Å². The van der Waals surface area contributed by atoms with Crippen LogP contribution in [0.15, 0.2) is 61.6 Å². The van der Waals surface area contributed by atoms with Gasteiger partial charge in [0.25, 0.3) is 5.91 Å². The lowest BCUT2D eigenvalue weighted by Crippen LogP contribution is -2.29. The number of likely N-dealkylation sites (N-methyl/N-ethyl adjacent to an activating group) is 2. The summed E-state index contributed by atoms with van der Waals surface area (Å²) in [6.07, 6.45) is 6.17. The Labute approximate surface area is 232 Å². The molecule has 0 unspecified atom stereocenters. The molecule has 0 aliphatic rings. The quantitative estimate of drug-likeness (QED) is 0.244. The molecule has 2 amide bonds. The molecule has 0 radical (unpaired) electrons. The summed E-state index contributed by atoms with van der Waals surface area (Å²) < 4.78 is 7.48. The summed E-state index contributed by atoms with van der Waals surface area (Å²) in [7, 11) is 9.10. The van der Waals surface area contributed by atoms with Crippen molar-refractivity contribution in [2.24, 2.45) is 0 Å². The third kappa shape index (κ3) is 6.02. The summed E-state index contributed by atoms with van der Waals surface area (Å²) in [5.74, 6) is 0.776. The molecule has 0 saturated heterocycles. The predicted octanol–water partition coefficient (Wildman–Crippen LogP) is 3.05. The minimum Gasteiger partial charge on any atom is -0.494 e. The van der Waals surface area contributed by atoms with Crippen molar-refractivity contribution in [1.82, 2.24) is 29.7 Å². The number of aromatic nitrogens is 4. The van der Waals surface area contributed by atoms with Gasteiger partial charge in [-0.2, -0.15) is 4.98 Å². The van der Waals surface area contributed by atoms with Gasteiger partial charge in [0.15, 0.2) is 0 Å². The summed E-state index contributed by atoms with van der Waals surface area (Å²) in [6.45, 7) is 5.11. The second kappa shape index (κ2) is 12.3. The second-order valence-electron chi connectivity index (χ2n) is 9.21. The van der Waals surface area contributed by atoms with Crippen LogP contribution in [-0.2, 0) is 4.79 Å². The van der Waals surface area contributed by atoms with Crippen molar-refractivity contribution in [3.8, 4) is 11.6 Å². The largest absolute Gasteiger partial charge is 0.494 e. The first-order valence-electron chi connectivity index (χ1n) is 12.6. The number of nitrogens with zero attached hydrogens (tertiary/aromatic N) is 6. The number of amides is 2. The second-order valence-corrected chi connectivity index (χ2v) is 9.21. The van der Waals surface area contributed by atoms with Crippen molar-refractivity contribution in [3.05, 3.63) is 67.1 Å². The molecule has 12 nitrogen and oxygen atoms in total. The van der Waals surface area contributed by atoms with Gasteiger partial charge in [0.1, 0.15) is 17.1 Å². The van der Waals surface area contributed by atoms with E-state index in [1.807, 2.05) is 38.2 Å².